The molecule has 5 heteroatoms. The molecule has 0 radical (unpaired) electrons. The largest absolute Gasteiger partial charge is 0.497 e. The normalized spacial score (nSPS) is 17.0. The summed E-state index contributed by atoms with van der Waals surface area (Å²) in [6, 6.07) is 16.5. The van der Waals surface area contributed by atoms with Crippen molar-refractivity contribution >= 4 is 0 Å². The Kier molecular flexibility index (Phi) is 8.55. The Morgan fingerprint density at radius 3 is 1.83 bits per heavy atom. The van der Waals surface area contributed by atoms with Crippen LogP contribution >= 0.6 is 0 Å². The van der Waals surface area contributed by atoms with Gasteiger partial charge in [-0.3, -0.25) is 0 Å². The highest BCUT2D eigenvalue weighted by molar-refractivity contribution is 5.36. The second-order valence-corrected chi connectivity index (χ2v) is 8.30. The van der Waals surface area contributed by atoms with Gasteiger partial charge in [0.1, 0.15) is 30.3 Å². The van der Waals surface area contributed by atoms with Gasteiger partial charge in [-0.05, 0) is 61.1 Å². The summed E-state index contributed by atoms with van der Waals surface area (Å²) >= 11 is 0. The first-order valence-corrected chi connectivity index (χ1v) is 11.0. The van der Waals surface area contributed by atoms with Gasteiger partial charge >= 0.3 is 0 Å². The maximum atomic E-state index is 10.7. The lowest BCUT2D eigenvalue weighted by atomic mass is 9.94. The molecular formula is C25H36NO4+. The van der Waals surface area contributed by atoms with E-state index in [1.54, 1.807) is 14.2 Å². The molecular weight excluding hydrogens is 378 g/mol. The molecule has 1 saturated carbocycles. The zero-order valence-electron chi connectivity index (χ0n) is 18.5. The van der Waals surface area contributed by atoms with Crippen LogP contribution in [-0.2, 0) is 4.74 Å². The Bertz CT molecular complexity index is 693. The van der Waals surface area contributed by atoms with Crippen molar-refractivity contribution in [2.24, 2.45) is 0 Å². The van der Waals surface area contributed by atoms with Crippen LogP contribution in [0.25, 0.3) is 0 Å². The molecule has 0 bridgehead atoms. The van der Waals surface area contributed by atoms with Crippen molar-refractivity contribution in [3.8, 4) is 11.5 Å². The minimum absolute atomic E-state index is 0.258. The highest BCUT2D eigenvalue weighted by atomic mass is 16.5. The fourth-order valence-electron chi connectivity index (χ4n) is 4.34. The summed E-state index contributed by atoms with van der Waals surface area (Å²) in [6.45, 7) is 1.01. The molecule has 30 heavy (non-hydrogen) atoms. The number of aliphatic hydroxyl groups excluding tert-OH is 1. The second-order valence-electron chi connectivity index (χ2n) is 8.30. The second kappa shape index (κ2) is 11.3. The molecule has 1 aliphatic carbocycles. The molecule has 0 aromatic heterocycles. The fourth-order valence-corrected chi connectivity index (χ4v) is 4.34. The van der Waals surface area contributed by atoms with Crippen LogP contribution in [0.4, 0.5) is 0 Å². The molecule has 1 unspecified atom stereocenters. The first-order valence-electron chi connectivity index (χ1n) is 11.0. The third-order valence-electron chi connectivity index (χ3n) is 6.15. The lowest BCUT2D eigenvalue weighted by Gasteiger charge is -2.30. The number of hydrogen-bond donors (Lipinski definition) is 2. The Hall–Kier alpha value is -2.08. The highest BCUT2D eigenvalue weighted by Crippen LogP contribution is 2.29. The third-order valence-corrected chi connectivity index (χ3v) is 6.15. The Balaban J connectivity index is 1.66. The molecule has 0 aliphatic heterocycles. The van der Waals surface area contributed by atoms with Gasteiger partial charge in [-0.25, -0.2) is 0 Å². The monoisotopic (exact) mass is 414 g/mol. The van der Waals surface area contributed by atoms with Gasteiger partial charge in [-0.1, -0.05) is 30.7 Å². The van der Waals surface area contributed by atoms with Gasteiger partial charge in [0.15, 0.2) is 0 Å². The minimum Gasteiger partial charge on any atom is -0.497 e. The summed E-state index contributed by atoms with van der Waals surface area (Å²) in [6.07, 6.45) is 5.75. The lowest BCUT2D eigenvalue weighted by Crippen LogP contribution is -3.14. The van der Waals surface area contributed by atoms with Crippen molar-refractivity contribution in [3.05, 3.63) is 59.7 Å². The SMILES string of the molecule is COc1ccc(C(OC[C@@H](O)C[NH+](C)C2CCCCC2)c2ccc(OC)cc2)cc1. The van der Waals surface area contributed by atoms with Crippen LogP contribution in [0.1, 0.15) is 49.3 Å². The molecule has 2 aromatic rings. The van der Waals surface area contributed by atoms with Crippen LogP contribution in [0, 0.1) is 0 Å². The predicted octanol–water partition coefficient (Wildman–Crippen LogP) is 3.02. The number of ether oxygens (including phenoxy) is 3. The maximum Gasteiger partial charge on any atom is 0.126 e. The molecule has 0 spiro atoms. The maximum absolute atomic E-state index is 10.7. The van der Waals surface area contributed by atoms with Crippen LogP contribution < -0.4 is 14.4 Å². The van der Waals surface area contributed by atoms with Crippen molar-refractivity contribution < 1.29 is 24.2 Å². The van der Waals surface area contributed by atoms with Gasteiger partial charge in [0, 0.05) is 0 Å². The van der Waals surface area contributed by atoms with Gasteiger partial charge in [0.2, 0.25) is 0 Å². The average Bonchev–Trinajstić information content (AvgIpc) is 2.80. The highest BCUT2D eigenvalue weighted by Gasteiger charge is 2.24. The summed E-state index contributed by atoms with van der Waals surface area (Å²) in [5.74, 6) is 1.62. The lowest BCUT2D eigenvalue weighted by molar-refractivity contribution is -0.910. The van der Waals surface area contributed by atoms with Crippen LogP contribution in [0.5, 0.6) is 11.5 Å². The number of methoxy groups -OCH3 is 2. The first kappa shape index (κ1) is 22.6. The van der Waals surface area contributed by atoms with E-state index in [9.17, 15) is 5.11 Å². The van der Waals surface area contributed by atoms with Crippen molar-refractivity contribution in [1.29, 1.82) is 0 Å². The molecule has 0 saturated heterocycles. The molecule has 1 fully saturated rings. The standard InChI is InChI=1S/C25H35NO4/c1-26(21-7-5-4-6-8-21)17-22(27)18-30-25(19-9-13-23(28-2)14-10-19)20-11-15-24(29-3)16-12-20/h9-16,21-22,25,27H,4-8,17-18H2,1-3H3/p+1/t22-/m0/s1. The van der Waals surface area contributed by atoms with Crippen LogP contribution in [0.3, 0.4) is 0 Å². The summed E-state index contributed by atoms with van der Waals surface area (Å²) < 4.78 is 16.8. The Morgan fingerprint density at radius 2 is 1.37 bits per heavy atom. The number of likely N-dealkylation sites (N-methyl/N-ethyl adjacent to an activating group) is 1. The Labute approximate surface area is 180 Å². The zero-order valence-corrected chi connectivity index (χ0v) is 18.5. The molecule has 2 N–H and O–H groups in total. The van der Waals surface area contributed by atoms with E-state index in [2.05, 4.69) is 7.05 Å². The van der Waals surface area contributed by atoms with Gasteiger partial charge in [0.25, 0.3) is 0 Å². The molecule has 2 atom stereocenters. The third kappa shape index (κ3) is 6.21. The van der Waals surface area contributed by atoms with Crippen molar-refractivity contribution in [3.63, 3.8) is 0 Å². The summed E-state index contributed by atoms with van der Waals surface area (Å²) in [5, 5.41) is 10.7. The van der Waals surface area contributed by atoms with Gasteiger partial charge in [-0.15, -0.1) is 0 Å². The number of aliphatic hydroxyl groups is 1. The molecule has 0 heterocycles. The van der Waals surface area contributed by atoms with E-state index in [1.165, 1.54) is 37.0 Å². The van der Waals surface area contributed by atoms with Crippen LogP contribution in [-0.4, -0.2) is 51.7 Å². The zero-order chi connectivity index (χ0) is 21.3. The molecule has 5 nitrogen and oxygen atoms in total. The first-order chi connectivity index (χ1) is 14.6. The van der Waals surface area contributed by atoms with E-state index >= 15 is 0 Å². The van der Waals surface area contributed by atoms with Gasteiger partial charge in [0.05, 0.1) is 33.9 Å². The summed E-state index contributed by atoms with van der Waals surface area (Å²) in [7, 11) is 5.52. The van der Waals surface area contributed by atoms with Crippen LogP contribution in [0.2, 0.25) is 0 Å². The topological polar surface area (TPSA) is 52.4 Å². The van der Waals surface area contributed by atoms with E-state index in [0.29, 0.717) is 19.2 Å². The molecule has 2 aromatic carbocycles. The number of rotatable bonds is 10. The fraction of sp³-hybridized carbons (Fsp3) is 0.520. The molecule has 0 amide bonds. The van der Waals surface area contributed by atoms with E-state index in [4.69, 9.17) is 14.2 Å². The molecule has 1 aliphatic rings. The summed E-state index contributed by atoms with van der Waals surface area (Å²) in [4.78, 5) is 1.41. The van der Waals surface area contributed by atoms with E-state index in [-0.39, 0.29) is 6.10 Å². The number of nitrogens with one attached hydrogen (secondary N) is 1. The summed E-state index contributed by atoms with van der Waals surface area (Å²) in [5.41, 5.74) is 2.06. The number of hydrogen-bond acceptors (Lipinski definition) is 4. The van der Waals surface area contributed by atoms with Crippen molar-refractivity contribution in [1.82, 2.24) is 0 Å². The van der Waals surface area contributed by atoms with Crippen molar-refractivity contribution in [2.45, 2.75) is 50.4 Å². The van der Waals surface area contributed by atoms with Gasteiger partial charge in [-0.2, -0.15) is 0 Å². The molecule has 3 rings (SSSR count). The smallest absolute Gasteiger partial charge is 0.126 e. The average molecular weight is 415 g/mol. The molecule has 164 valence electrons. The van der Waals surface area contributed by atoms with Crippen molar-refractivity contribution in [2.75, 3.05) is 34.4 Å². The minimum atomic E-state index is -0.495. The Morgan fingerprint density at radius 1 is 0.867 bits per heavy atom. The van der Waals surface area contributed by atoms with E-state index in [1.807, 2.05) is 48.5 Å². The van der Waals surface area contributed by atoms with Crippen LogP contribution in [0.15, 0.2) is 48.5 Å². The van der Waals surface area contributed by atoms with E-state index < -0.39 is 6.10 Å². The number of quaternary nitrogens is 1. The quantitative estimate of drug-likeness (QED) is 0.628. The predicted molar refractivity (Wildman–Crippen MR) is 118 cm³/mol. The van der Waals surface area contributed by atoms with E-state index in [0.717, 1.165) is 22.6 Å². The van der Waals surface area contributed by atoms with Gasteiger partial charge < -0.3 is 24.2 Å². The number of benzene rings is 2.